The van der Waals surface area contributed by atoms with Crippen molar-refractivity contribution in [1.29, 1.82) is 0 Å². The zero-order valence-electron chi connectivity index (χ0n) is 11.8. The van der Waals surface area contributed by atoms with Gasteiger partial charge in [-0.25, -0.2) is 0 Å². The van der Waals surface area contributed by atoms with E-state index in [-0.39, 0.29) is 5.92 Å². The highest BCUT2D eigenvalue weighted by Crippen LogP contribution is 2.21. The van der Waals surface area contributed by atoms with Crippen LogP contribution in [0.1, 0.15) is 25.5 Å². The lowest BCUT2D eigenvalue weighted by Crippen LogP contribution is -2.07. The van der Waals surface area contributed by atoms with Crippen LogP contribution in [0.2, 0.25) is 0 Å². The minimum atomic E-state index is -0.401. The molecule has 3 nitrogen and oxygen atoms in total. The standard InChI is InChI=1S/C16H20BrNO2/c1-12(2)16(19)13-6-7-18(11-13)8-9-20-15-5-3-4-14(17)10-15/h3-7,10-12,16,19H,8-9H2,1-2H3. The van der Waals surface area contributed by atoms with E-state index in [0.717, 1.165) is 22.3 Å². The van der Waals surface area contributed by atoms with Crippen LogP contribution < -0.4 is 4.74 Å². The topological polar surface area (TPSA) is 34.4 Å². The first-order valence-corrected chi connectivity index (χ1v) is 7.57. The zero-order chi connectivity index (χ0) is 14.5. The van der Waals surface area contributed by atoms with Crippen LogP contribution in [0.15, 0.2) is 47.2 Å². The highest BCUT2D eigenvalue weighted by molar-refractivity contribution is 9.10. The maximum atomic E-state index is 10.00. The van der Waals surface area contributed by atoms with Crippen LogP contribution in [-0.2, 0) is 6.54 Å². The van der Waals surface area contributed by atoms with Gasteiger partial charge in [0.05, 0.1) is 12.6 Å². The Kier molecular flexibility index (Phi) is 5.26. The lowest BCUT2D eigenvalue weighted by Gasteiger charge is -2.12. The van der Waals surface area contributed by atoms with Gasteiger partial charge in [0.15, 0.2) is 0 Å². The van der Waals surface area contributed by atoms with Crippen LogP contribution in [0, 0.1) is 5.92 Å². The number of aliphatic hydroxyl groups is 1. The molecule has 1 heterocycles. The first kappa shape index (κ1) is 15.1. The van der Waals surface area contributed by atoms with Crippen molar-refractivity contribution in [3.8, 4) is 5.75 Å². The van der Waals surface area contributed by atoms with E-state index in [9.17, 15) is 5.11 Å². The normalized spacial score (nSPS) is 12.7. The summed E-state index contributed by atoms with van der Waals surface area (Å²) in [6.07, 6.45) is 3.56. The van der Waals surface area contributed by atoms with Crippen LogP contribution in [0.5, 0.6) is 5.75 Å². The quantitative estimate of drug-likeness (QED) is 0.863. The van der Waals surface area contributed by atoms with Gasteiger partial charge in [-0.3, -0.25) is 0 Å². The maximum absolute atomic E-state index is 10.00. The number of hydrogen-bond acceptors (Lipinski definition) is 2. The number of halogens is 1. The Labute approximate surface area is 128 Å². The predicted molar refractivity (Wildman–Crippen MR) is 83.9 cm³/mol. The summed E-state index contributed by atoms with van der Waals surface area (Å²) >= 11 is 3.42. The lowest BCUT2D eigenvalue weighted by molar-refractivity contribution is 0.127. The Balaban J connectivity index is 1.86. The average Bonchev–Trinajstić information content (AvgIpc) is 2.86. The summed E-state index contributed by atoms with van der Waals surface area (Å²) < 4.78 is 8.75. The van der Waals surface area contributed by atoms with Gasteiger partial charge < -0.3 is 14.4 Å². The molecule has 108 valence electrons. The molecule has 2 rings (SSSR count). The molecule has 0 bridgehead atoms. The van der Waals surface area contributed by atoms with Crippen molar-refractivity contribution >= 4 is 15.9 Å². The molecule has 1 aromatic heterocycles. The Bertz CT molecular complexity index is 551. The van der Waals surface area contributed by atoms with Gasteiger partial charge in [0.2, 0.25) is 0 Å². The molecule has 1 unspecified atom stereocenters. The van der Waals surface area contributed by atoms with Crippen molar-refractivity contribution in [1.82, 2.24) is 4.57 Å². The molecule has 0 saturated carbocycles. The third-order valence-corrected chi connectivity index (χ3v) is 3.65. The van der Waals surface area contributed by atoms with E-state index < -0.39 is 6.10 Å². The number of aliphatic hydroxyl groups excluding tert-OH is 1. The molecule has 1 N–H and O–H groups in total. The summed E-state index contributed by atoms with van der Waals surface area (Å²) in [6, 6.07) is 9.77. The fraction of sp³-hybridized carbons (Fsp3) is 0.375. The van der Waals surface area contributed by atoms with Crippen LogP contribution in [-0.4, -0.2) is 16.3 Å². The average molecular weight is 338 g/mol. The molecule has 0 amide bonds. The molecule has 0 saturated heterocycles. The van der Waals surface area contributed by atoms with Crippen molar-refractivity contribution in [2.24, 2.45) is 5.92 Å². The Morgan fingerprint density at radius 1 is 1.30 bits per heavy atom. The molecule has 0 spiro atoms. The van der Waals surface area contributed by atoms with E-state index in [1.807, 2.05) is 61.1 Å². The summed E-state index contributed by atoms with van der Waals surface area (Å²) in [4.78, 5) is 0. The number of hydrogen-bond donors (Lipinski definition) is 1. The molecule has 2 aromatic rings. The Morgan fingerprint density at radius 2 is 2.10 bits per heavy atom. The molecular formula is C16H20BrNO2. The largest absolute Gasteiger partial charge is 0.492 e. The van der Waals surface area contributed by atoms with Crippen molar-refractivity contribution in [2.75, 3.05) is 6.61 Å². The highest BCUT2D eigenvalue weighted by Gasteiger charge is 2.12. The van der Waals surface area contributed by atoms with E-state index in [1.165, 1.54) is 0 Å². The van der Waals surface area contributed by atoms with Gasteiger partial charge in [0.25, 0.3) is 0 Å². The van der Waals surface area contributed by atoms with Crippen LogP contribution in [0.4, 0.5) is 0 Å². The van der Waals surface area contributed by atoms with Gasteiger partial charge in [-0.05, 0) is 35.7 Å². The number of rotatable bonds is 6. The van der Waals surface area contributed by atoms with Crippen molar-refractivity contribution in [3.63, 3.8) is 0 Å². The zero-order valence-corrected chi connectivity index (χ0v) is 13.4. The molecular weight excluding hydrogens is 318 g/mol. The molecule has 0 aliphatic heterocycles. The lowest BCUT2D eigenvalue weighted by atomic mass is 10.0. The van der Waals surface area contributed by atoms with Gasteiger partial charge in [0.1, 0.15) is 12.4 Å². The first-order chi connectivity index (χ1) is 9.56. The summed E-state index contributed by atoms with van der Waals surface area (Å²) in [5, 5.41) is 10.00. The number of nitrogens with zero attached hydrogens (tertiary/aromatic N) is 1. The summed E-state index contributed by atoms with van der Waals surface area (Å²) in [7, 11) is 0. The van der Waals surface area contributed by atoms with Gasteiger partial charge in [-0.2, -0.15) is 0 Å². The highest BCUT2D eigenvalue weighted by atomic mass is 79.9. The van der Waals surface area contributed by atoms with E-state index >= 15 is 0 Å². The Morgan fingerprint density at radius 3 is 2.80 bits per heavy atom. The summed E-state index contributed by atoms with van der Waals surface area (Å²) in [5.74, 6) is 1.08. The van der Waals surface area contributed by atoms with E-state index in [0.29, 0.717) is 6.61 Å². The van der Waals surface area contributed by atoms with Crippen molar-refractivity contribution in [2.45, 2.75) is 26.5 Å². The minimum Gasteiger partial charge on any atom is -0.492 e. The van der Waals surface area contributed by atoms with Crippen LogP contribution in [0.3, 0.4) is 0 Å². The van der Waals surface area contributed by atoms with Gasteiger partial charge in [-0.15, -0.1) is 0 Å². The second-order valence-electron chi connectivity index (χ2n) is 5.18. The van der Waals surface area contributed by atoms with Crippen LogP contribution in [0.25, 0.3) is 0 Å². The molecule has 0 aliphatic rings. The molecule has 0 radical (unpaired) electrons. The number of aromatic nitrogens is 1. The third-order valence-electron chi connectivity index (χ3n) is 3.16. The molecule has 4 heteroatoms. The minimum absolute atomic E-state index is 0.226. The van der Waals surface area contributed by atoms with Gasteiger partial charge in [-0.1, -0.05) is 35.8 Å². The van der Waals surface area contributed by atoms with E-state index in [1.54, 1.807) is 0 Å². The smallest absolute Gasteiger partial charge is 0.120 e. The molecule has 20 heavy (non-hydrogen) atoms. The fourth-order valence-electron chi connectivity index (χ4n) is 1.98. The Hall–Kier alpha value is -1.26. The second kappa shape index (κ2) is 6.95. The van der Waals surface area contributed by atoms with Crippen molar-refractivity contribution < 1.29 is 9.84 Å². The SMILES string of the molecule is CC(C)C(O)c1ccn(CCOc2cccc(Br)c2)c1. The van der Waals surface area contributed by atoms with E-state index in [2.05, 4.69) is 15.9 Å². The summed E-state index contributed by atoms with van der Waals surface area (Å²) in [6.45, 7) is 5.39. The third kappa shape index (κ3) is 4.12. The number of ether oxygens (including phenoxy) is 1. The van der Waals surface area contributed by atoms with Crippen LogP contribution >= 0.6 is 15.9 Å². The first-order valence-electron chi connectivity index (χ1n) is 6.78. The predicted octanol–water partition coefficient (Wildman–Crippen LogP) is 4.02. The number of benzene rings is 1. The van der Waals surface area contributed by atoms with E-state index in [4.69, 9.17) is 4.74 Å². The van der Waals surface area contributed by atoms with Gasteiger partial charge >= 0.3 is 0 Å². The summed E-state index contributed by atoms with van der Waals surface area (Å²) in [5.41, 5.74) is 0.961. The molecule has 0 aliphatic carbocycles. The molecule has 1 atom stereocenters. The second-order valence-corrected chi connectivity index (χ2v) is 6.09. The fourth-order valence-corrected chi connectivity index (χ4v) is 2.36. The molecule has 1 aromatic carbocycles. The monoisotopic (exact) mass is 337 g/mol. The van der Waals surface area contributed by atoms with Gasteiger partial charge in [0, 0.05) is 16.9 Å². The maximum Gasteiger partial charge on any atom is 0.120 e. The van der Waals surface area contributed by atoms with Crippen molar-refractivity contribution in [3.05, 3.63) is 52.8 Å². The molecule has 0 fully saturated rings.